The first-order valence-corrected chi connectivity index (χ1v) is 19.7. The van der Waals surface area contributed by atoms with E-state index in [1.54, 1.807) is 36.4 Å². The van der Waals surface area contributed by atoms with E-state index in [0.717, 1.165) is 82.8 Å². The van der Waals surface area contributed by atoms with Gasteiger partial charge in [-0.15, -0.1) is 0 Å². The molecule has 9 nitrogen and oxygen atoms in total. The lowest BCUT2D eigenvalue weighted by atomic mass is 9.99. The Balaban J connectivity index is 1.30. The third kappa shape index (κ3) is 5.97. The van der Waals surface area contributed by atoms with Gasteiger partial charge in [0.25, 0.3) is 0 Å². The zero-order valence-electron chi connectivity index (χ0n) is 33.3. The first-order chi connectivity index (χ1) is 30.3. The second-order valence-corrected chi connectivity index (χ2v) is 15.2. The van der Waals surface area contributed by atoms with Crippen molar-refractivity contribution in [2.75, 3.05) is 0 Å². The van der Waals surface area contributed by atoms with Gasteiger partial charge < -0.3 is 9.13 Å². The Labute approximate surface area is 355 Å². The monoisotopic (exact) mass is 791 g/mol. The quantitative estimate of drug-likeness (QED) is 0.168. The van der Waals surface area contributed by atoms with Crippen molar-refractivity contribution in [1.82, 2.24) is 19.1 Å². The molecule has 0 aliphatic rings. The van der Waals surface area contributed by atoms with Gasteiger partial charge in [0.1, 0.15) is 11.9 Å². The van der Waals surface area contributed by atoms with E-state index in [4.69, 9.17) is 4.98 Å². The summed E-state index contributed by atoms with van der Waals surface area (Å²) in [6.07, 6.45) is 0. The van der Waals surface area contributed by atoms with Crippen molar-refractivity contribution >= 4 is 43.6 Å². The molecule has 10 aromatic rings. The molecule has 286 valence electrons. The molecule has 0 saturated heterocycles. The summed E-state index contributed by atoms with van der Waals surface area (Å²) in [4.78, 5) is 9.61. The molecule has 0 atom stereocenters. The van der Waals surface area contributed by atoms with E-state index in [2.05, 4.69) is 80.9 Å². The number of aromatic nitrogens is 4. The van der Waals surface area contributed by atoms with Crippen molar-refractivity contribution in [1.29, 1.82) is 26.3 Å². The molecule has 0 bridgehead atoms. The normalized spacial score (nSPS) is 11.0. The van der Waals surface area contributed by atoms with Crippen LogP contribution in [0.1, 0.15) is 39.3 Å². The standard InChI is InChI=1S/C53H29N9/c1-31-15-47(60-32(2)59-31)46-25-50(61-48-9-5-3-7-42(48)44-13-11-37(22-51(44)61)39-18-33(26-54)16-34(19-39)27-55)41(30-58)24-53(46)62-49-10-6-4-8-43(49)45-14-12-38(23-52(45)62)40-20-35(28-56)17-36(21-40)29-57/h3-25H,1-2H3. The summed E-state index contributed by atoms with van der Waals surface area (Å²) < 4.78 is 4.28. The van der Waals surface area contributed by atoms with E-state index in [0.29, 0.717) is 45.0 Å². The summed E-state index contributed by atoms with van der Waals surface area (Å²) in [7, 11) is 0. The molecule has 0 saturated carbocycles. The van der Waals surface area contributed by atoms with Gasteiger partial charge in [0, 0.05) is 32.8 Å². The van der Waals surface area contributed by atoms with E-state index < -0.39 is 0 Å². The summed E-state index contributed by atoms with van der Waals surface area (Å²) in [5, 5.41) is 54.3. The third-order valence-electron chi connectivity index (χ3n) is 11.4. The molecule has 0 aliphatic heterocycles. The fourth-order valence-corrected chi connectivity index (χ4v) is 8.76. The Bertz CT molecular complexity index is 3710. The second-order valence-electron chi connectivity index (χ2n) is 15.2. The summed E-state index contributed by atoms with van der Waals surface area (Å²) in [5.74, 6) is 0.602. The van der Waals surface area contributed by atoms with E-state index >= 15 is 0 Å². The van der Waals surface area contributed by atoms with Crippen LogP contribution in [0.5, 0.6) is 0 Å². The molecule has 0 radical (unpaired) electrons. The average molecular weight is 792 g/mol. The highest BCUT2D eigenvalue weighted by molar-refractivity contribution is 6.12. The minimum atomic E-state index is 0.391. The van der Waals surface area contributed by atoms with Gasteiger partial charge in [-0.1, -0.05) is 60.7 Å². The highest BCUT2D eigenvalue weighted by atomic mass is 15.0. The van der Waals surface area contributed by atoms with Crippen molar-refractivity contribution in [2.45, 2.75) is 13.8 Å². The molecule has 0 spiro atoms. The molecule has 3 heterocycles. The van der Waals surface area contributed by atoms with Crippen LogP contribution >= 0.6 is 0 Å². The predicted octanol–water partition coefficient (Wildman–Crippen LogP) is 11.6. The Morgan fingerprint density at radius 2 is 0.871 bits per heavy atom. The summed E-state index contributed by atoms with van der Waals surface area (Å²) in [6, 6.07) is 56.0. The average Bonchev–Trinajstić information content (AvgIpc) is 3.82. The van der Waals surface area contributed by atoms with Crippen LogP contribution in [0, 0.1) is 70.5 Å². The SMILES string of the molecule is Cc1cc(-c2cc(-n3c4ccccc4c4ccc(-c5cc(C#N)cc(C#N)c5)cc43)c(C#N)cc2-n2c3ccccc3c3ccc(-c4cc(C#N)cc(C#N)c4)cc32)nc(C)n1. The van der Waals surface area contributed by atoms with Gasteiger partial charge >= 0.3 is 0 Å². The smallest absolute Gasteiger partial charge is 0.126 e. The first-order valence-electron chi connectivity index (χ1n) is 19.7. The van der Waals surface area contributed by atoms with Crippen molar-refractivity contribution < 1.29 is 0 Å². The number of hydrogen-bond donors (Lipinski definition) is 0. The topological polar surface area (TPSA) is 155 Å². The van der Waals surface area contributed by atoms with E-state index in [1.165, 1.54) is 0 Å². The maximum atomic E-state index is 11.2. The molecule has 0 aliphatic carbocycles. The van der Waals surface area contributed by atoms with Crippen LogP contribution < -0.4 is 0 Å². The van der Waals surface area contributed by atoms with E-state index in [1.807, 2.05) is 80.6 Å². The van der Waals surface area contributed by atoms with Gasteiger partial charge in [0.15, 0.2) is 0 Å². The minimum Gasteiger partial charge on any atom is -0.308 e. The van der Waals surface area contributed by atoms with Gasteiger partial charge in [-0.05, 0) is 115 Å². The molecule has 0 amide bonds. The van der Waals surface area contributed by atoms with Gasteiger partial charge in [0.2, 0.25) is 0 Å². The summed E-state index contributed by atoms with van der Waals surface area (Å²) in [5.41, 5.74) is 12.2. The molecule has 0 N–H and O–H groups in total. The molecule has 10 rings (SSSR count). The molecule has 0 fully saturated rings. The Morgan fingerprint density at radius 3 is 1.34 bits per heavy atom. The largest absolute Gasteiger partial charge is 0.308 e. The molecule has 7 aromatic carbocycles. The number of fused-ring (bicyclic) bond motifs is 6. The number of nitriles is 5. The van der Waals surface area contributed by atoms with Crippen molar-refractivity contribution in [3.8, 4) is 75.2 Å². The highest BCUT2D eigenvalue weighted by Crippen LogP contribution is 2.42. The van der Waals surface area contributed by atoms with Gasteiger partial charge in [-0.2, -0.15) is 26.3 Å². The fourth-order valence-electron chi connectivity index (χ4n) is 8.76. The van der Waals surface area contributed by atoms with Gasteiger partial charge in [0.05, 0.1) is 91.2 Å². The van der Waals surface area contributed by atoms with Crippen molar-refractivity contribution in [3.63, 3.8) is 0 Å². The second kappa shape index (κ2) is 14.5. The van der Waals surface area contributed by atoms with Crippen LogP contribution in [0.15, 0.2) is 140 Å². The predicted molar refractivity (Wildman–Crippen MR) is 240 cm³/mol. The number of aryl methyl sites for hydroxylation is 2. The minimum absolute atomic E-state index is 0.391. The first kappa shape index (κ1) is 37.0. The molecular formula is C53H29N9. The van der Waals surface area contributed by atoms with Crippen LogP contribution in [0.4, 0.5) is 0 Å². The molecule has 0 unspecified atom stereocenters. The van der Waals surface area contributed by atoms with Crippen LogP contribution in [0.2, 0.25) is 0 Å². The lowest BCUT2D eigenvalue weighted by molar-refractivity contribution is 1.01. The van der Waals surface area contributed by atoms with Crippen LogP contribution in [-0.2, 0) is 0 Å². The highest BCUT2D eigenvalue weighted by Gasteiger charge is 2.23. The Hall–Kier alpha value is -9.33. The number of nitrogens with zero attached hydrogens (tertiary/aromatic N) is 9. The Kier molecular flexibility index (Phi) is 8.64. The summed E-state index contributed by atoms with van der Waals surface area (Å²) >= 11 is 0. The lowest BCUT2D eigenvalue weighted by Gasteiger charge is -2.19. The van der Waals surface area contributed by atoms with Crippen molar-refractivity contribution in [2.24, 2.45) is 0 Å². The zero-order valence-corrected chi connectivity index (χ0v) is 33.3. The van der Waals surface area contributed by atoms with Crippen LogP contribution in [0.25, 0.3) is 88.5 Å². The molecule has 62 heavy (non-hydrogen) atoms. The Morgan fingerprint density at radius 1 is 0.403 bits per heavy atom. The summed E-state index contributed by atoms with van der Waals surface area (Å²) in [6.45, 7) is 3.80. The number of rotatable bonds is 5. The zero-order chi connectivity index (χ0) is 42.6. The third-order valence-corrected chi connectivity index (χ3v) is 11.4. The lowest BCUT2D eigenvalue weighted by Crippen LogP contribution is -2.05. The molecule has 3 aromatic heterocycles. The van der Waals surface area contributed by atoms with Crippen LogP contribution in [-0.4, -0.2) is 19.1 Å². The number of benzene rings is 7. The van der Waals surface area contributed by atoms with Crippen LogP contribution in [0.3, 0.4) is 0 Å². The van der Waals surface area contributed by atoms with Crippen molar-refractivity contribution in [3.05, 3.63) is 179 Å². The van der Waals surface area contributed by atoms with E-state index in [9.17, 15) is 26.3 Å². The van der Waals surface area contributed by atoms with E-state index in [-0.39, 0.29) is 0 Å². The van der Waals surface area contributed by atoms with Gasteiger partial charge in [-0.3, -0.25) is 0 Å². The molecule has 9 heteroatoms. The number of para-hydroxylation sites is 2. The fraction of sp³-hybridized carbons (Fsp3) is 0.0377. The number of hydrogen-bond acceptors (Lipinski definition) is 7. The molecular weight excluding hydrogens is 763 g/mol. The maximum Gasteiger partial charge on any atom is 0.126 e. The maximum absolute atomic E-state index is 11.2. The van der Waals surface area contributed by atoms with Gasteiger partial charge in [-0.25, -0.2) is 9.97 Å².